The van der Waals surface area contributed by atoms with Gasteiger partial charge in [0.05, 0.1) is 16.4 Å². The predicted molar refractivity (Wildman–Crippen MR) is 94.5 cm³/mol. The highest BCUT2D eigenvalue weighted by Gasteiger charge is 2.17. The van der Waals surface area contributed by atoms with Crippen LogP contribution in [0, 0.1) is 6.92 Å². The molecule has 0 radical (unpaired) electrons. The fraction of sp³-hybridized carbons (Fsp3) is 0.412. The summed E-state index contributed by atoms with van der Waals surface area (Å²) in [6, 6.07) is 10.9. The number of nitrogens with one attached hydrogen (secondary N) is 1. The van der Waals surface area contributed by atoms with Crippen LogP contribution in [-0.2, 0) is 0 Å². The number of rotatable bonds is 7. The van der Waals surface area contributed by atoms with E-state index in [1.807, 2.05) is 6.92 Å². The highest BCUT2D eigenvalue weighted by molar-refractivity contribution is 9.11. The zero-order valence-corrected chi connectivity index (χ0v) is 15.2. The van der Waals surface area contributed by atoms with Crippen molar-refractivity contribution >= 4 is 27.3 Å². The summed E-state index contributed by atoms with van der Waals surface area (Å²) in [4.78, 5) is 1.34. The fourth-order valence-electron chi connectivity index (χ4n) is 2.22. The van der Waals surface area contributed by atoms with Crippen molar-refractivity contribution in [1.29, 1.82) is 0 Å². The van der Waals surface area contributed by atoms with Crippen molar-refractivity contribution in [2.24, 2.45) is 0 Å². The molecule has 0 fully saturated rings. The second-order valence-electron chi connectivity index (χ2n) is 4.99. The zero-order chi connectivity index (χ0) is 15.2. The van der Waals surface area contributed by atoms with Gasteiger partial charge < -0.3 is 10.1 Å². The standard InChI is InChI=1S/C17H22BrNOS/c1-4-10-19-16(15-11-12(3)17(18)21-15)13-6-8-14(9-7-13)20-5-2/h6-9,11,16,19H,4-5,10H2,1-3H3. The van der Waals surface area contributed by atoms with E-state index in [-0.39, 0.29) is 6.04 Å². The summed E-state index contributed by atoms with van der Waals surface area (Å²) in [6.07, 6.45) is 1.12. The molecule has 1 aromatic heterocycles. The lowest BCUT2D eigenvalue weighted by Gasteiger charge is -2.18. The van der Waals surface area contributed by atoms with E-state index in [2.05, 4.69) is 65.4 Å². The molecule has 1 aromatic carbocycles. The Morgan fingerprint density at radius 3 is 2.48 bits per heavy atom. The van der Waals surface area contributed by atoms with E-state index in [9.17, 15) is 0 Å². The number of ether oxygens (including phenoxy) is 1. The molecule has 0 aliphatic carbocycles. The fourth-order valence-corrected chi connectivity index (χ4v) is 3.90. The molecule has 1 unspecified atom stereocenters. The molecule has 0 aliphatic heterocycles. The Hall–Kier alpha value is -0.840. The molecule has 2 nitrogen and oxygen atoms in total. The SMILES string of the molecule is CCCNC(c1ccc(OCC)cc1)c1cc(C)c(Br)s1. The van der Waals surface area contributed by atoms with Crippen LogP contribution in [0.1, 0.15) is 42.3 Å². The first-order chi connectivity index (χ1) is 10.2. The van der Waals surface area contributed by atoms with Gasteiger partial charge in [0.2, 0.25) is 0 Å². The maximum Gasteiger partial charge on any atom is 0.119 e. The topological polar surface area (TPSA) is 21.3 Å². The van der Waals surface area contributed by atoms with Crippen LogP contribution in [0.3, 0.4) is 0 Å². The van der Waals surface area contributed by atoms with Gasteiger partial charge in [0, 0.05) is 4.88 Å². The molecule has 1 atom stereocenters. The zero-order valence-electron chi connectivity index (χ0n) is 12.8. The van der Waals surface area contributed by atoms with Crippen LogP contribution in [0.15, 0.2) is 34.1 Å². The number of hydrogen-bond donors (Lipinski definition) is 1. The van der Waals surface area contributed by atoms with Gasteiger partial charge in [0.15, 0.2) is 0 Å². The maximum atomic E-state index is 5.53. The Morgan fingerprint density at radius 2 is 1.95 bits per heavy atom. The smallest absolute Gasteiger partial charge is 0.119 e. The molecule has 4 heteroatoms. The third-order valence-electron chi connectivity index (χ3n) is 3.28. The van der Waals surface area contributed by atoms with Gasteiger partial charge in [-0.05, 0) is 72.1 Å². The largest absolute Gasteiger partial charge is 0.494 e. The van der Waals surface area contributed by atoms with E-state index in [0.717, 1.165) is 18.7 Å². The van der Waals surface area contributed by atoms with Crippen LogP contribution < -0.4 is 10.1 Å². The summed E-state index contributed by atoms with van der Waals surface area (Å²) in [5, 5.41) is 3.64. The Balaban J connectivity index is 2.26. The molecule has 114 valence electrons. The highest BCUT2D eigenvalue weighted by Crippen LogP contribution is 2.34. The second-order valence-corrected chi connectivity index (χ2v) is 7.40. The van der Waals surface area contributed by atoms with Crippen LogP contribution >= 0.6 is 27.3 Å². The lowest BCUT2D eigenvalue weighted by Crippen LogP contribution is -2.22. The van der Waals surface area contributed by atoms with Gasteiger partial charge in [-0.3, -0.25) is 0 Å². The summed E-state index contributed by atoms with van der Waals surface area (Å²) < 4.78 is 6.74. The van der Waals surface area contributed by atoms with Crippen molar-refractivity contribution in [3.8, 4) is 5.75 Å². The van der Waals surface area contributed by atoms with Gasteiger partial charge in [-0.1, -0.05) is 19.1 Å². The van der Waals surface area contributed by atoms with Gasteiger partial charge >= 0.3 is 0 Å². The van der Waals surface area contributed by atoms with Crippen LogP contribution in [0.5, 0.6) is 5.75 Å². The number of aryl methyl sites for hydroxylation is 1. The Kier molecular flexibility index (Phi) is 6.27. The molecule has 1 heterocycles. The third-order valence-corrected chi connectivity index (χ3v) is 5.49. The van der Waals surface area contributed by atoms with Gasteiger partial charge in [0.1, 0.15) is 5.75 Å². The summed E-state index contributed by atoms with van der Waals surface area (Å²) in [6.45, 7) is 8.04. The van der Waals surface area contributed by atoms with E-state index in [4.69, 9.17) is 4.74 Å². The molecule has 0 aliphatic rings. The first-order valence-corrected chi connectivity index (χ1v) is 8.98. The molecule has 0 saturated carbocycles. The minimum atomic E-state index is 0.246. The quantitative estimate of drug-likeness (QED) is 0.715. The monoisotopic (exact) mass is 367 g/mol. The van der Waals surface area contributed by atoms with E-state index in [0.29, 0.717) is 6.61 Å². The van der Waals surface area contributed by atoms with Crippen molar-refractivity contribution in [2.45, 2.75) is 33.2 Å². The average molecular weight is 368 g/mol. The molecule has 0 bridgehead atoms. The lowest BCUT2D eigenvalue weighted by molar-refractivity contribution is 0.340. The molecule has 21 heavy (non-hydrogen) atoms. The molecule has 2 rings (SSSR count). The minimum absolute atomic E-state index is 0.246. The first kappa shape index (κ1) is 16.5. The van der Waals surface area contributed by atoms with Crippen LogP contribution in [0.2, 0.25) is 0 Å². The third kappa shape index (κ3) is 4.31. The normalized spacial score (nSPS) is 12.4. The molecule has 0 saturated heterocycles. The van der Waals surface area contributed by atoms with E-state index >= 15 is 0 Å². The molecular formula is C17H22BrNOS. The first-order valence-electron chi connectivity index (χ1n) is 7.37. The number of hydrogen-bond acceptors (Lipinski definition) is 3. The maximum absolute atomic E-state index is 5.53. The number of thiophene rings is 1. The van der Waals surface area contributed by atoms with Crippen LogP contribution in [0.25, 0.3) is 0 Å². The average Bonchev–Trinajstić information content (AvgIpc) is 2.81. The molecule has 0 spiro atoms. The Bertz CT molecular complexity index is 545. The van der Waals surface area contributed by atoms with Crippen molar-refractivity contribution in [2.75, 3.05) is 13.2 Å². The Morgan fingerprint density at radius 1 is 1.24 bits per heavy atom. The number of benzene rings is 1. The minimum Gasteiger partial charge on any atom is -0.494 e. The lowest BCUT2D eigenvalue weighted by atomic mass is 10.0. The second kappa shape index (κ2) is 7.97. The highest BCUT2D eigenvalue weighted by atomic mass is 79.9. The molecule has 1 N–H and O–H groups in total. The van der Waals surface area contributed by atoms with Crippen molar-refractivity contribution in [3.63, 3.8) is 0 Å². The number of halogens is 1. The summed E-state index contributed by atoms with van der Waals surface area (Å²) >= 11 is 5.43. The molecule has 2 aromatic rings. The van der Waals surface area contributed by atoms with E-state index in [1.54, 1.807) is 11.3 Å². The van der Waals surface area contributed by atoms with Gasteiger partial charge in [-0.2, -0.15) is 0 Å². The van der Waals surface area contributed by atoms with Crippen molar-refractivity contribution in [1.82, 2.24) is 5.32 Å². The Labute approximate surface area is 139 Å². The molecule has 0 amide bonds. The predicted octanol–water partition coefficient (Wildman–Crippen LogP) is 5.31. The van der Waals surface area contributed by atoms with Crippen molar-refractivity contribution < 1.29 is 4.74 Å². The van der Waals surface area contributed by atoms with Crippen molar-refractivity contribution in [3.05, 3.63) is 50.1 Å². The van der Waals surface area contributed by atoms with Gasteiger partial charge in [-0.25, -0.2) is 0 Å². The van der Waals surface area contributed by atoms with E-state index in [1.165, 1.54) is 19.8 Å². The van der Waals surface area contributed by atoms with Gasteiger partial charge in [0.25, 0.3) is 0 Å². The molecular weight excluding hydrogens is 346 g/mol. The van der Waals surface area contributed by atoms with Crippen LogP contribution in [0.4, 0.5) is 0 Å². The van der Waals surface area contributed by atoms with Crippen LogP contribution in [-0.4, -0.2) is 13.2 Å². The summed E-state index contributed by atoms with van der Waals surface area (Å²) in [7, 11) is 0. The summed E-state index contributed by atoms with van der Waals surface area (Å²) in [5.41, 5.74) is 2.57. The van der Waals surface area contributed by atoms with Gasteiger partial charge in [-0.15, -0.1) is 11.3 Å². The summed E-state index contributed by atoms with van der Waals surface area (Å²) in [5.74, 6) is 0.930. The van der Waals surface area contributed by atoms with E-state index < -0.39 is 0 Å².